The highest BCUT2D eigenvalue weighted by molar-refractivity contribution is 7.89. The summed E-state index contributed by atoms with van der Waals surface area (Å²) in [5.41, 5.74) is 2.51. The Kier molecular flexibility index (Phi) is 5.92. The zero-order valence-corrected chi connectivity index (χ0v) is 15.3. The van der Waals surface area contributed by atoms with Gasteiger partial charge in [0.1, 0.15) is 6.04 Å². The maximum absolute atomic E-state index is 12.7. The van der Waals surface area contributed by atoms with Crippen molar-refractivity contribution in [2.75, 3.05) is 0 Å². The summed E-state index contributed by atoms with van der Waals surface area (Å²) in [6.45, 7) is 5.44. The van der Waals surface area contributed by atoms with Crippen molar-refractivity contribution in [2.24, 2.45) is 0 Å². The summed E-state index contributed by atoms with van der Waals surface area (Å²) in [6.07, 6.45) is 0.210. The van der Waals surface area contributed by atoms with E-state index in [1.165, 1.54) is 12.1 Å². The number of nitro groups is 1. The normalized spacial score (nSPS) is 14.0. The molecule has 0 aliphatic heterocycles. The number of benzene rings is 2. The number of rotatable bonds is 7. The number of nitrogens with one attached hydrogen (secondary N) is 1. The second-order valence-electron chi connectivity index (χ2n) is 6.08. The first-order valence-electron chi connectivity index (χ1n) is 8.03. The predicted octanol–water partition coefficient (Wildman–Crippen LogP) is 3.38. The molecule has 0 spiro atoms. The van der Waals surface area contributed by atoms with Gasteiger partial charge in [-0.1, -0.05) is 54.4 Å². The first kappa shape index (κ1) is 19.1. The van der Waals surface area contributed by atoms with E-state index in [2.05, 4.69) is 4.72 Å². The lowest BCUT2D eigenvalue weighted by Crippen LogP contribution is -2.39. The molecule has 2 atom stereocenters. The van der Waals surface area contributed by atoms with E-state index in [0.29, 0.717) is 5.56 Å². The van der Waals surface area contributed by atoms with Gasteiger partial charge < -0.3 is 0 Å². The molecule has 0 amide bonds. The van der Waals surface area contributed by atoms with Crippen LogP contribution >= 0.6 is 0 Å². The van der Waals surface area contributed by atoms with E-state index in [9.17, 15) is 18.5 Å². The number of hydrogen-bond donors (Lipinski definition) is 1. The fraction of sp³-hybridized carbons (Fsp3) is 0.333. The van der Waals surface area contributed by atoms with Crippen molar-refractivity contribution in [3.05, 3.63) is 75.3 Å². The highest BCUT2D eigenvalue weighted by Gasteiger charge is 2.34. The van der Waals surface area contributed by atoms with Crippen LogP contribution in [0.25, 0.3) is 0 Å². The summed E-state index contributed by atoms with van der Waals surface area (Å²) in [7, 11) is -3.88. The summed E-state index contributed by atoms with van der Waals surface area (Å²) in [4.78, 5) is 11.1. The lowest BCUT2D eigenvalue weighted by atomic mass is 9.98. The largest absolute Gasteiger partial charge is 0.264 e. The smallest absolute Gasteiger partial charge is 0.241 e. The topological polar surface area (TPSA) is 89.3 Å². The summed E-state index contributed by atoms with van der Waals surface area (Å²) in [5, 5.41) is 11.4. The van der Waals surface area contributed by atoms with Gasteiger partial charge in [-0.2, -0.15) is 4.72 Å². The van der Waals surface area contributed by atoms with Gasteiger partial charge in [-0.15, -0.1) is 0 Å². The molecule has 2 aromatic carbocycles. The molecule has 7 heteroatoms. The van der Waals surface area contributed by atoms with Crippen LogP contribution in [0, 0.1) is 24.0 Å². The number of hydrogen-bond acceptors (Lipinski definition) is 4. The minimum atomic E-state index is -3.88. The van der Waals surface area contributed by atoms with Crippen LogP contribution in [0.2, 0.25) is 0 Å². The Bertz CT molecular complexity index is 830. The Balaban J connectivity index is 2.43. The zero-order valence-electron chi connectivity index (χ0n) is 14.5. The Morgan fingerprint density at radius 3 is 1.92 bits per heavy atom. The summed E-state index contributed by atoms with van der Waals surface area (Å²) in [6, 6.07) is 11.5. The van der Waals surface area contributed by atoms with Gasteiger partial charge >= 0.3 is 0 Å². The fourth-order valence-corrected chi connectivity index (χ4v) is 3.86. The Hall–Kier alpha value is -2.25. The monoisotopic (exact) mass is 362 g/mol. The third-order valence-corrected chi connectivity index (χ3v) is 5.58. The first-order chi connectivity index (χ1) is 11.7. The van der Waals surface area contributed by atoms with Crippen molar-refractivity contribution in [1.82, 2.24) is 4.72 Å². The third-order valence-electron chi connectivity index (χ3n) is 4.12. The third kappa shape index (κ3) is 4.64. The summed E-state index contributed by atoms with van der Waals surface area (Å²) >= 11 is 0. The van der Waals surface area contributed by atoms with Gasteiger partial charge in [-0.3, -0.25) is 10.1 Å². The van der Waals surface area contributed by atoms with Gasteiger partial charge in [-0.05, 0) is 31.5 Å². The molecule has 0 saturated carbocycles. The molecule has 134 valence electrons. The molecule has 0 radical (unpaired) electrons. The zero-order chi connectivity index (χ0) is 18.6. The van der Waals surface area contributed by atoms with Crippen LogP contribution in [0.15, 0.2) is 53.4 Å². The Morgan fingerprint density at radius 1 is 1.00 bits per heavy atom. The predicted molar refractivity (Wildman–Crippen MR) is 96.5 cm³/mol. The number of sulfonamides is 1. The molecule has 2 rings (SSSR count). The van der Waals surface area contributed by atoms with Crippen LogP contribution in [-0.2, 0) is 10.0 Å². The van der Waals surface area contributed by atoms with Gasteiger partial charge in [-0.25, -0.2) is 8.42 Å². The van der Waals surface area contributed by atoms with E-state index in [1.807, 2.05) is 26.0 Å². The minimum Gasteiger partial charge on any atom is -0.264 e. The summed E-state index contributed by atoms with van der Waals surface area (Å²) < 4.78 is 27.9. The lowest BCUT2D eigenvalue weighted by molar-refractivity contribution is -0.527. The number of aryl methyl sites for hydroxylation is 2. The average molecular weight is 362 g/mol. The maximum Gasteiger partial charge on any atom is 0.241 e. The molecule has 0 aliphatic rings. The van der Waals surface area contributed by atoms with Crippen LogP contribution in [0.3, 0.4) is 0 Å². The van der Waals surface area contributed by atoms with Crippen LogP contribution in [0.1, 0.15) is 36.1 Å². The molecule has 0 fully saturated rings. The van der Waals surface area contributed by atoms with E-state index < -0.39 is 27.0 Å². The SMILES string of the molecule is CCC(C(NS(=O)(=O)c1ccc(C)cc1)c1ccc(C)cc1)[N+](=O)[O-]. The quantitative estimate of drug-likeness (QED) is 0.604. The van der Waals surface area contributed by atoms with Crippen LogP contribution in [0.5, 0.6) is 0 Å². The van der Waals surface area contributed by atoms with Gasteiger partial charge in [0.2, 0.25) is 16.1 Å². The molecule has 2 unspecified atom stereocenters. The van der Waals surface area contributed by atoms with Crippen molar-refractivity contribution >= 4 is 10.0 Å². The van der Waals surface area contributed by atoms with E-state index in [-0.39, 0.29) is 11.3 Å². The van der Waals surface area contributed by atoms with Crippen LogP contribution < -0.4 is 4.72 Å². The molecule has 0 saturated heterocycles. The Morgan fingerprint density at radius 2 is 1.48 bits per heavy atom. The van der Waals surface area contributed by atoms with Crippen molar-refractivity contribution in [2.45, 2.75) is 44.2 Å². The molecule has 6 nitrogen and oxygen atoms in total. The van der Waals surface area contributed by atoms with Gasteiger partial charge in [0.15, 0.2) is 0 Å². The molecule has 0 heterocycles. The molecule has 0 bridgehead atoms. The minimum absolute atomic E-state index is 0.0911. The highest BCUT2D eigenvalue weighted by Crippen LogP contribution is 2.24. The van der Waals surface area contributed by atoms with E-state index in [1.54, 1.807) is 31.2 Å². The first-order valence-corrected chi connectivity index (χ1v) is 9.52. The molecule has 2 aromatic rings. The number of nitrogens with zero attached hydrogens (tertiary/aromatic N) is 1. The van der Waals surface area contributed by atoms with Gasteiger partial charge in [0.25, 0.3) is 0 Å². The molecular weight excluding hydrogens is 340 g/mol. The molecule has 1 N–H and O–H groups in total. The van der Waals surface area contributed by atoms with Crippen molar-refractivity contribution in [3.63, 3.8) is 0 Å². The molecular formula is C18H22N2O4S. The van der Waals surface area contributed by atoms with E-state index >= 15 is 0 Å². The molecule has 0 aromatic heterocycles. The molecule has 0 aliphatic carbocycles. The van der Waals surface area contributed by atoms with Crippen LogP contribution in [-0.4, -0.2) is 19.4 Å². The van der Waals surface area contributed by atoms with Crippen molar-refractivity contribution < 1.29 is 13.3 Å². The van der Waals surface area contributed by atoms with Crippen molar-refractivity contribution in [1.29, 1.82) is 0 Å². The van der Waals surface area contributed by atoms with Crippen molar-refractivity contribution in [3.8, 4) is 0 Å². The van der Waals surface area contributed by atoms with Gasteiger partial charge in [0, 0.05) is 11.3 Å². The standard InChI is InChI=1S/C18H22N2O4S/c1-4-17(20(21)22)18(15-9-5-13(2)6-10-15)19-25(23,24)16-11-7-14(3)8-12-16/h5-12,17-19H,4H2,1-3H3. The van der Waals surface area contributed by atoms with Crippen LogP contribution in [0.4, 0.5) is 0 Å². The fourth-order valence-electron chi connectivity index (χ4n) is 2.60. The lowest BCUT2D eigenvalue weighted by Gasteiger charge is -2.22. The molecule has 25 heavy (non-hydrogen) atoms. The van der Waals surface area contributed by atoms with E-state index in [0.717, 1.165) is 11.1 Å². The Labute approximate surface area is 148 Å². The van der Waals surface area contributed by atoms with Gasteiger partial charge in [0.05, 0.1) is 4.90 Å². The maximum atomic E-state index is 12.7. The highest BCUT2D eigenvalue weighted by atomic mass is 32.2. The average Bonchev–Trinajstić information content (AvgIpc) is 2.55. The second kappa shape index (κ2) is 7.76. The summed E-state index contributed by atoms with van der Waals surface area (Å²) in [5.74, 6) is 0. The van der Waals surface area contributed by atoms with E-state index in [4.69, 9.17) is 0 Å². The second-order valence-corrected chi connectivity index (χ2v) is 7.80.